The van der Waals surface area contributed by atoms with E-state index in [0.717, 1.165) is 23.7 Å². The Morgan fingerprint density at radius 1 is 0.467 bits per heavy atom. The molecule has 4 atom stereocenters. The Morgan fingerprint density at radius 2 is 1.27 bits per heavy atom. The van der Waals surface area contributed by atoms with Crippen molar-refractivity contribution >= 4 is 0 Å². The minimum atomic E-state index is 1.13. The highest BCUT2D eigenvalue weighted by Gasteiger charge is 2.33. The van der Waals surface area contributed by atoms with Crippen LogP contribution in [-0.2, 0) is 0 Å². The molecule has 0 aromatic heterocycles. The van der Waals surface area contributed by atoms with Crippen LogP contribution in [-0.4, -0.2) is 0 Å². The fourth-order valence-corrected chi connectivity index (χ4v) is 4.73. The first-order valence-electron chi connectivity index (χ1n) is 7.42. The maximum absolute atomic E-state index is 1.61. The number of rotatable bonds is 0. The van der Waals surface area contributed by atoms with Crippen LogP contribution in [0.25, 0.3) is 0 Å². The van der Waals surface area contributed by atoms with E-state index in [1.54, 1.807) is 57.8 Å². The molecular weight excluding hydrogens is 180 g/mol. The van der Waals surface area contributed by atoms with Crippen molar-refractivity contribution in [1.82, 2.24) is 0 Å². The molecule has 3 saturated carbocycles. The van der Waals surface area contributed by atoms with Crippen LogP contribution < -0.4 is 0 Å². The van der Waals surface area contributed by atoms with Crippen LogP contribution in [0.5, 0.6) is 0 Å². The summed E-state index contributed by atoms with van der Waals surface area (Å²) >= 11 is 0. The third-order valence-electron chi connectivity index (χ3n) is 5.54. The lowest BCUT2D eigenvalue weighted by atomic mass is 9.65. The summed E-state index contributed by atoms with van der Waals surface area (Å²) in [5, 5.41) is 0. The van der Waals surface area contributed by atoms with Crippen molar-refractivity contribution in [3.63, 3.8) is 0 Å². The van der Waals surface area contributed by atoms with Crippen LogP contribution in [0, 0.1) is 23.7 Å². The summed E-state index contributed by atoms with van der Waals surface area (Å²) in [4.78, 5) is 0. The van der Waals surface area contributed by atoms with E-state index in [2.05, 4.69) is 0 Å². The van der Waals surface area contributed by atoms with E-state index < -0.39 is 0 Å². The van der Waals surface area contributed by atoms with E-state index in [-0.39, 0.29) is 0 Å². The average Bonchev–Trinajstić information content (AvgIpc) is 2.27. The summed E-state index contributed by atoms with van der Waals surface area (Å²) in [7, 11) is 0. The average molecular weight is 206 g/mol. The minimum absolute atomic E-state index is 1.13. The highest BCUT2D eigenvalue weighted by molar-refractivity contribution is 4.84. The molecule has 3 aliphatic rings. The van der Waals surface area contributed by atoms with Gasteiger partial charge in [-0.25, -0.2) is 0 Å². The molecule has 0 amide bonds. The zero-order chi connectivity index (χ0) is 10.1. The largest absolute Gasteiger partial charge is 0.0530 e. The smallest absolute Gasteiger partial charge is 0.0383 e. The van der Waals surface area contributed by atoms with Gasteiger partial charge < -0.3 is 0 Å². The predicted molar refractivity (Wildman–Crippen MR) is 64.7 cm³/mol. The fourth-order valence-electron chi connectivity index (χ4n) is 4.73. The summed E-state index contributed by atoms with van der Waals surface area (Å²) < 4.78 is 0. The summed E-state index contributed by atoms with van der Waals surface area (Å²) in [5.41, 5.74) is 0. The highest BCUT2D eigenvalue weighted by Crippen LogP contribution is 2.45. The van der Waals surface area contributed by atoms with Gasteiger partial charge in [0.25, 0.3) is 0 Å². The molecule has 0 aromatic carbocycles. The molecule has 2 bridgehead atoms. The maximum Gasteiger partial charge on any atom is -0.0383 e. The summed E-state index contributed by atoms with van der Waals surface area (Å²) in [5.74, 6) is 4.55. The highest BCUT2D eigenvalue weighted by atomic mass is 14.4. The number of fused-ring (bicyclic) bond motifs is 3. The van der Waals surface area contributed by atoms with E-state index in [9.17, 15) is 0 Å². The van der Waals surface area contributed by atoms with Crippen molar-refractivity contribution in [2.75, 3.05) is 0 Å². The lowest BCUT2D eigenvalue weighted by Gasteiger charge is -2.40. The molecule has 0 spiro atoms. The van der Waals surface area contributed by atoms with Gasteiger partial charge in [0.2, 0.25) is 0 Å². The van der Waals surface area contributed by atoms with Crippen LogP contribution in [0.4, 0.5) is 0 Å². The second-order valence-electron chi connectivity index (χ2n) is 6.52. The normalized spacial score (nSPS) is 46.4. The van der Waals surface area contributed by atoms with E-state index in [0.29, 0.717) is 0 Å². The lowest BCUT2D eigenvalue weighted by Crippen LogP contribution is -2.28. The van der Waals surface area contributed by atoms with Crippen LogP contribution in [0.1, 0.15) is 70.6 Å². The molecule has 15 heavy (non-hydrogen) atoms. The summed E-state index contributed by atoms with van der Waals surface area (Å²) in [6.45, 7) is 0. The van der Waals surface area contributed by atoms with Crippen molar-refractivity contribution in [2.24, 2.45) is 23.7 Å². The first-order chi connectivity index (χ1) is 7.42. The molecule has 0 radical (unpaired) electrons. The molecule has 3 rings (SSSR count). The Kier molecular flexibility index (Phi) is 3.03. The Morgan fingerprint density at radius 3 is 2.20 bits per heavy atom. The zero-order valence-corrected chi connectivity index (χ0v) is 10.1. The first-order valence-corrected chi connectivity index (χ1v) is 7.42. The van der Waals surface area contributed by atoms with Gasteiger partial charge in [-0.2, -0.15) is 0 Å². The molecule has 2 unspecified atom stereocenters. The topological polar surface area (TPSA) is 0 Å². The molecule has 3 aliphatic carbocycles. The van der Waals surface area contributed by atoms with Gasteiger partial charge >= 0.3 is 0 Å². The third kappa shape index (κ3) is 2.24. The van der Waals surface area contributed by atoms with Crippen LogP contribution in [0.3, 0.4) is 0 Å². The molecule has 0 aromatic rings. The monoisotopic (exact) mass is 206 g/mol. The molecular formula is C15H26. The number of hydrogen-bond acceptors (Lipinski definition) is 0. The van der Waals surface area contributed by atoms with Gasteiger partial charge in [-0.05, 0) is 42.9 Å². The molecule has 0 saturated heterocycles. The standard InChI is InChI=1S/C15H26/c1-2-7-15-11-13-5-3-4-12(10-13)8-9-14(15)6-1/h12-15H,1-11H2/t12-,13?,14-,15?/m0/s1. The second kappa shape index (κ2) is 4.47. The van der Waals surface area contributed by atoms with Gasteiger partial charge in [0.15, 0.2) is 0 Å². The van der Waals surface area contributed by atoms with Gasteiger partial charge in [-0.15, -0.1) is 0 Å². The van der Waals surface area contributed by atoms with E-state index in [4.69, 9.17) is 0 Å². The van der Waals surface area contributed by atoms with E-state index in [1.807, 2.05) is 0 Å². The number of hydrogen-bond donors (Lipinski definition) is 0. The van der Waals surface area contributed by atoms with Crippen molar-refractivity contribution in [2.45, 2.75) is 70.6 Å². The van der Waals surface area contributed by atoms with Crippen molar-refractivity contribution in [3.8, 4) is 0 Å². The van der Waals surface area contributed by atoms with Crippen molar-refractivity contribution < 1.29 is 0 Å². The summed E-state index contributed by atoms with van der Waals surface area (Å²) in [6, 6.07) is 0. The van der Waals surface area contributed by atoms with E-state index >= 15 is 0 Å². The fraction of sp³-hybridized carbons (Fsp3) is 1.00. The van der Waals surface area contributed by atoms with Gasteiger partial charge in [0.1, 0.15) is 0 Å². The van der Waals surface area contributed by atoms with Gasteiger partial charge in [-0.1, -0.05) is 51.4 Å². The molecule has 86 valence electrons. The molecule has 0 N–H and O–H groups in total. The van der Waals surface area contributed by atoms with Crippen LogP contribution >= 0.6 is 0 Å². The van der Waals surface area contributed by atoms with Gasteiger partial charge in [0, 0.05) is 0 Å². The lowest BCUT2D eigenvalue weighted by molar-refractivity contribution is 0.112. The molecule has 0 nitrogen and oxygen atoms in total. The second-order valence-corrected chi connectivity index (χ2v) is 6.52. The Hall–Kier alpha value is 0. The molecule has 0 heteroatoms. The predicted octanol–water partition coefficient (Wildman–Crippen LogP) is 4.78. The van der Waals surface area contributed by atoms with E-state index in [1.165, 1.54) is 12.8 Å². The van der Waals surface area contributed by atoms with Crippen LogP contribution in [0.2, 0.25) is 0 Å². The summed E-state index contributed by atoms with van der Waals surface area (Å²) in [6.07, 6.45) is 17.3. The minimum Gasteiger partial charge on any atom is -0.0530 e. The third-order valence-corrected chi connectivity index (χ3v) is 5.54. The molecule has 3 fully saturated rings. The van der Waals surface area contributed by atoms with Crippen LogP contribution in [0.15, 0.2) is 0 Å². The quantitative estimate of drug-likeness (QED) is 0.535. The van der Waals surface area contributed by atoms with Crippen molar-refractivity contribution in [1.29, 1.82) is 0 Å². The Bertz CT molecular complexity index is 208. The van der Waals surface area contributed by atoms with Gasteiger partial charge in [-0.3, -0.25) is 0 Å². The maximum atomic E-state index is 1.61. The van der Waals surface area contributed by atoms with Crippen molar-refractivity contribution in [3.05, 3.63) is 0 Å². The Labute approximate surface area is 94.8 Å². The zero-order valence-electron chi connectivity index (χ0n) is 10.1. The molecule has 0 aliphatic heterocycles. The SMILES string of the molecule is C1CC[C@H]2CC[C@@H]3CCCC(CC2C1)C3. The Balaban J connectivity index is 1.69. The first kappa shape index (κ1) is 10.2. The van der Waals surface area contributed by atoms with Gasteiger partial charge in [0.05, 0.1) is 0 Å². The molecule has 0 heterocycles.